The predicted molar refractivity (Wildman–Crippen MR) is 85.9 cm³/mol. The SMILES string of the molecule is O=S(=O)(c1cccc(C(F)(F)F)c1)N1CCC(Oc2cccnn2)CC1. The number of rotatable bonds is 4. The minimum atomic E-state index is -4.59. The molecule has 1 aromatic carbocycles. The molecule has 0 radical (unpaired) electrons. The van der Waals surface area contributed by atoms with E-state index < -0.39 is 21.8 Å². The van der Waals surface area contributed by atoms with Gasteiger partial charge in [-0.05, 0) is 37.1 Å². The van der Waals surface area contributed by atoms with E-state index in [-0.39, 0.29) is 24.1 Å². The van der Waals surface area contributed by atoms with Crippen molar-refractivity contribution in [2.45, 2.75) is 30.0 Å². The second kappa shape index (κ2) is 7.20. The van der Waals surface area contributed by atoms with Gasteiger partial charge in [0, 0.05) is 25.4 Å². The van der Waals surface area contributed by atoms with Gasteiger partial charge in [-0.25, -0.2) is 8.42 Å². The summed E-state index contributed by atoms with van der Waals surface area (Å²) < 4.78 is 70.5. The van der Waals surface area contributed by atoms with Crippen LogP contribution in [0.3, 0.4) is 0 Å². The number of piperidine rings is 1. The van der Waals surface area contributed by atoms with Crippen molar-refractivity contribution in [1.29, 1.82) is 0 Å². The fraction of sp³-hybridized carbons (Fsp3) is 0.375. The summed E-state index contributed by atoms with van der Waals surface area (Å²) >= 11 is 0. The molecule has 2 heterocycles. The molecule has 1 aromatic heterocycles. The van der Waals surface area contributed by atoms with Crippen LogP contribution in [0.1, 0.15) is 18.4 Å². The van der Waals surface area contributed by atoms with Crippen molar-refractivity contribution < 1.29 is 26.3 Å². The summed E-state index contributed by atoms with van der Waals surface area (Å²) in [6.07, 6.45) is -2.48. The van der Waals surface area contributed by atoms with Crippen LogP contribution in [0.2, 0.25) is 0 Å². The van der Waals surface area contributed by atoms with Crippen molar-refractivity contribution in [1.82, 2.24) is 14.5 Å². The Labute approximate surface area is 148 Å². The number of hydrogen-bond donors (Lipinski definition) is 0. The first-order chi connectivity index (χ1) is 12.3. The van der Waals surface area contributed by atoms with Gasteiger partial charge in [-0.3, -0.25) is 0 Å². The summed E-state index contributed by atoms with van der Waals surface area (Å²) in [5.41, 5.74) is -0.987. The number of ether oxygens (including phenoxy) is 1. The van der Waals surface area contributed by atoms with E-state index in [1.54, 1.807) is 12.1 Å². The lowest BCUT2D eigenvalue weighted by Gasteiger charge is -2.31. The average molecular weight is 387 g/mol. The van der Waals surface area contributed by atoms with E-state index in [1.807, 2.05) is 0 Å². The number of hydrogen-bond acceptors (Lipinski definition) is 5. The number of benzene rings is 1. The highest BCUT2D eigenvalue weighted by Gasteiger charge is 2.34. The summed E-state index contributed by atoms with van der Waals surface area (Å²) in [5.74, 6) is 0.353. The molecular weight excluding hydrogens is 371 g/mol. The molecule has 0 atom stereocenters. The molecule has 1 fully saturated rings. The van der Waals surface area contributed by atoms with Gasteiger partial charge in [0.1, 0.15) is 6.10 Å². The van der Waals surface area contributed by atoms with E-state index in [4.69, 9.17) is 4.74 Å². The van der Waals surface area contributed by atoms with Gasteiger partial charge in [-0.15, -0.1) is 5.10 Å². The zero-order valence-corrected chi connectivity index (χ0v) is 14.4. The van der Waals surface area contributed by atoms with Crippen molar-refractivity contribution in [2.24, 2.45) is 0 Å². The Kier molecular flexibility index (Phi) is 5.15. The van der Waals surface area contributed by atoms with Crippen LogP contribution < -0.4 is 4.74 Å². The largest absolute Gasteiger partial charge is 0.473 e. The summed E-state index contributed by atoms with van der Waals surface area (Å²) in [6, 6.07) is 7.11. The molecule has 0 aliphatic carbocycles. The molecule has 0 N–H and O–H groups in total. The van der Waals surface area contributed by atoms with Gasteiger partial charge in [-0.1, -0.05) is 6.07 Å². The maximum absolute atomic E-state index is 12.8. The maximum Gasteiger partial charge on any atom is 0.416 e. The van der Waals surface area contributed by atoms with Crippen molar-refractivity contribution in [3.63, 3.8) is 0 Å². The molecule has 6 nitrogen and oxygen atoms in total. The lowest BCUT2D eigenvalue weighted by molar-refractivity contribution is -0.137. The molecule has 1 saturated heterocycles. The first-order valence-corrected chi connectivity index (χ1v) is 9.32. The van der Waals surface area contributed by atoms with Crippen LogP contribution in [0.4, 0.5) is 13.2 Å². The van der Waals surface area contributed by atoms with E-state index in [0.717, 1.165) is 12.1 Å². The maximum atomic E-state index is 12.8. The summed E-state index contributed by atoms with van der Waals surface area (Å²) in [4.78, 5) is -0.361. The van der Waals surface area contributed by atoms with Crippen molar-refractivity contribution in [2.75, 3.05) is 13.1 Å². The fourth-order valence-corrected chi connectivity index (χ4v) is 4.21. The third kappa shape index (κ3) is 4.13. The molecule has 3 rings (SSSR count). The molecule has 0 unspecified atom stereocenters. The van der Waals surface area contributed by atoms with Crippen molar-refractivity contribution in [3.05, 3.63) is 48.2 Å². The molecule has 1 aliphatic rings. The van der Waals surface area contributed by atoms with Crippen molar-refractivity contribution >= 4 is 10.0 Å². The fourth-order valence-electron chi connectivity index (χ4n) is 2.69. The Balaban J connectivity index is 1.68. The van der Waals surface area contributed by atoms with Crippen LogP contribution >= 0.6 is 0 Å². The average Bonchev–Trinajstić information content (AvgIpc) is 2.62. The van der Waals surface area contributed by atoms with Crippen LogP contribution in [0.5, 0.6) is 5.88 Å². The lowest BCUT2D eigenvalue weighted by atomic mass is 10.1. The first kappa shape index (κ1) is 18.6. The van der Waals surface area contributed by atoms with Crippen LogP contribution in [0.25, 0.3) is 0 Å². The Bertz CT molecular complexity index is 852. The molecule has 140 valence electrons. The Morgan fingerprint density at radius 2 is 1.85 bits per heavy atom. The normalized spacial score (nSPS) is 17.2. The number of halogens is 3. The third-order valence-corrected chi connectivity index (χ3v) is 5.93. The number of aromatic nitrogens is 2. The molecule has 1 aliphatic heterocycles. The monoisotopic (exact) mass is 387 g/mol. The first-order valence-electron chi connectivity index (χ1n) is 7.88. The molecule has 26 heavy (non-hydrogen) atoms. The molecule has 10 heteroatoms. The molecule has 0 amide bonds. The number of sulfonamides is 1. The molecular formula is C16H16F3N3O3S. The molecule has 0 bridgehead atoms. The third-order valence-electron chi connectivity index (χ3n) is 4.04. The number of alkyl halides is 3. The summed E-state index contributed by atoms with van der Waals surface area (Å²) in [6.45, 7) is 0.313. The van der Waals surface area contributed by atoms with Gasteiger partial charge < -0.3 is 4.74 Å². The summed E-state index contributed by atoms with van der Waals surface area (Å²) in [5, 5.41) is 7.51. The van der Waals surface area contributed by atoms with Gasteiger partial charge in [0.05, 0.1) is 10.5 Å². The highest BCUT2D eigenvalue weighted by molar-refractivity contribution is 7.89. The minimum Gasteiger partial charge on any atom is -0.473 e. The molecule has 0 saturated carbocycles. The Morgan fingerprint density at radius 3 is 2.46 bits per heavy atom. The van der Waals surface area contributed by atoms with E-state index in [0.29, 0.717) is 24.8 Å². The van der Waals surface area contributed by atoms with Crippen LogP contribution in [0.15, 0.2) is 47.5 Å². The summed E-state index contributed by atoms with van der Waals surface area (Å²) in [7, 11) is -3.99. The van der Waals surface area contributed by atoms with E-state index in [9.17, 15) is 21.6 Å². The molecule has 2 aromatic rings. The van der Waals surface area contributed by atoms with Crippen molar-refractivity contribution in [3.8, 4) is 5.88 Å². The van der Waals surface area contributed by atoms with Gasteiger partial charge in [-0.2, -0.15) is 22.6 Å². The lowest BCUT2D eigenvalue weighted by Crippen LogP contribution is -2.41. The zero-order valence-electron chi connectivity index (χ0n) is 13.6. The zero-order chi connectivity index (χ0) is 18.8. The van der Waals surface area contributed by atoms with E-state index in [1.165, 1.54) is 16.6 Å². The van der Waals surface area contributed by atoms with Crippen LogP contribution in [-0.2, 0) is 16.2 Å². The topological polar surface area (TPSA) is 72.4 Å². The van der Waals surface area contributed by atoms with Gasteiger partial charge in [0.15, 0.2) is 0 Å². The Morgan fingerprint density at radius 1 is 1.12 bits per heavy atom. The van der Waals surface area contributed by atoms with E-state index >= 15 is 0 Å². The quantitative estimate of drug-likeness (QED) is 0.807. The van der Waals surface area contributed by atoms with E-state index in [2.05, 4.69) is 10.2 Å². The molecule has 0 spiro atoms. The standard InChI is InChI=1S/C16H16F3N3O3S/c17-16(18,19)12-3-1-4-14(11-12)26(23,24)22-9-6-13(7-10-22)25-15-5-2-8-20-21-15/h1-5,8,11,13H,6-7,9-10H2. The van der Waals surface area contributed by atoms with Crippen LogP contribution in [-0.4, -0.2) is 42.1 Å². The Hall–Kier alpha value is -2.20. The highest BCUT2D eigenvalue weighted by atomic mass is 32.2. The van der Waals surface area contributed by atoms with Gasteiger partial charge in [0.2, 0.25) is 15.9 Å². The van der Waals surface area contributed by atoms with Gasteiger partial charge in [0.25, 0.3) is 0 Å². The number of nitrogens with zero attached hydrogens (tertiary/aromatic N) is 3. The smallest absolute Gasteiger partial charge is 0.416 e. The predicted octanol–water partition coefficient (Wildman–Crippen LogP) is 2.73. The van der Waals surface area contributed by atoms with Gasteiger partial charge >= 0.3 is 6.18 Å². The minimum absolute atomic E-state index is 0.156. The second-order valence-electron chi connectivity index (χ2n) is 5.81. The van der Waals surface area contributed by atoms with Crippen LogP contribution in [0, 0.1) is 0 Å². The highest BCUT2D eigenvalue weighted by Crippen LogP contribution is 2.31. The second-order valence-corrected chi connectivity index (χ2v) is 7.75.